The molecule has 0 saturated heterocycles. The van der Waals surface area contributed by atoms with Gasteiger partial charge in [-0.15, -0.1) is 0 Å². The van der Waals surface area contributed by atoms with E-state index in [9.17, 15) is 10.1 Å². The smallest absolute Gasteiger partial charge is 0.269 e. The van der Waals surface area contributed by atoms with Crippen LogP contribution in [0.4, 0.5) is 5.69 Å². The standard InChI is InChI=1S/C9H8N4O4/c10-16-5-8-11-9(12-17-8)6-1-3-7(4-2-6)13(14)15/h1-4H,5,10H2. The van der Waals surface area contributed by atoms with Crippen molar-refractivity contribution in [1.29, 1.82) is 0 Å². The van der Waals surface area contributed by atoms with Crippen molar-refractivity contribution in [1.82, 2.24) is 10.1 Å². The van der Waals surface area contributed by atoms with E-state index in [0.717, 1.165) is 0 Å². The number of hydrogen-bond donors (Lipinski definition) is 1. The lowest BCUT2D eigenvalue weighted by atomic mass is 10.2. The number of aromatic nitrogens is 2. The van der Waals surface area contributed by atoms with Crippen molar-refractivity contribution in [2.45, 2.75) is 6.61 Å². The highest BCUT2D eigenvalue weighted by Gasteiger charge is 2.10. The lowest BCUT2D eigenvalue weighted by Gasteiger charge is -1.93. The molecule has 1 aromatic heterocycles. The maximum Gasteiger partial charge on any atom is 0.269 e. The second-order valence-corrected chi connectivity index (χ2v) is 3.13. The van der Waals surface area contributed by atoms with Crippen molar-refractivity contribution in [3.63, 3.8) is 0 Å². The fourth-order valence-corrected chi connectivity index (χ4v) is 1.23. The lowest BCUT2D eigenvalue weighted by molar-refractivity contribution is -0.384. The number of nitro groups is 1. The highest BCUT2D eigenvalue weighted by molar-refractivity contribution is 5.56. The van der Waals surface area contributed by atoms with Crippen molar-refractivity contribution in [3.05, 3.63) is 40.3 Å². The molecule has 0 radical (unpaired) electrons. The second kappa shape index (κ2) is 4.68. The van der Waals surface area contributed by atoms with Gasteiger partial charge in [0.15, 0.2) is 0 Å². The molecular weight excluding hydrogens is 228 g/mol. The Bertz CT molecular complexity index is 522. The molecule has 0 saturated carbocycles. The minimum atomic E-state index is -0.478. The van der Waals surface area contributed by atoms with Gasteiger partial charge < -0.3 is 4.52 Å². The number of rotatable bonds is 4. The SMILES string of the molecule is NOCc1nc(-c2ccc([N+](=O)[O-])cc2)no1. The van der Waals surface area contributed by atoms with Gasteiger partial charge in [0.2, 0.25) is 5.82 Å². The Labute approximate surface area is 95.1 Å². The molecule has 2 rings (SSSR count). The van der Waals surface area contributed by atoms with Gasteiger partial charge in [-0.05, 0) is 12.1 Å². The first-order chi connectivity index (χ1) is 8.20. The number of nitrogens with two attached hydrogens (primary N) is 1. The molecule has 17 heavy (non-hydrogen) atoms. The van der Waals surface area contributed by atoms with Gasteiger partial charge in [0.1, 0.15) is 6.61 Å². The summed E-state index contributed by atoms with van der Waals surface area (Å²) in [6.45, 7) is 0.0139. The predicted octanol–water partition coefficient (Wildman–Crippen LogP) is 1.04. The summed E-state index contributed by atoms with van der Waals surface area (Å²) in [6.07, 6.45) is 0. The lowest BCUT2D eigenvalue weighted by Crippen LogP contribution is -1.98. The maximum absolute atomic E-state index is 10.5. The molecule has 1 aromatic carbocycles. The highest BCUT2D eigenvalue weighted by Crippen LogP contribution is 2.19. The van der Waals surface area contributed by atoms with E-state index >= 15 is 0 Å². The average molecular weight is 236 g/mol. The molecule has 0 amide bonds. The molecule has 0 fully saturated rings. The number of nitrogens with zero attached hydrogens (tertiary/aromatic N) is 3. The molecule has 0 unspecified atom stereocenters. The van der Waals surface area contributed by atoms with E-state index in [2.05, 4.69) is 15.0 Å². The van der Waals surface area contributed by atoms with Crippen LogP contribution < -0.4 is 5.90 Å². The maximum atomic E-state index is 10.5. The van der Waals surface area contributed by atoms with Crippen LogP contribution in [0.5, 0.6) is 0 Å². The molecule has 0 spiro atoms. The summed E-state index contributed by atoms with van der Waals surface area (Å²) in [5, 5.41) is 14.2. The summed E-state index contributed by atoms with van der Waals surface area (Å²) >= 11 is 0. The Kier molecular flexibility index (Phi) is 3.08. The Morgan fingerprint density at radius 1 is 1.41 bits per heavy atom. The quantitative estimate of drug-likeness (QED) is 0.622. The summed E-state index contributed by atoms with van der Waals surface area (Å²) in [6, 6.07) is 5.81. The first kappa shape index (κ1) is 11.2. The Hall–Kier alpha value is -2.32. The van der Waals surface area contributed by atoms with Gasteiger partial charge in [-0.2, -0.15) is 4.98 Å². The first-order valence-electron chi connectivity index (χ1n) is 4.60. The van der Waals surface area contributed by atoms with Gasteiger partial charge in [-0.25, -0.2) is 5.90 Å². The molecule has 88 valence electrons. The van der Waals surface area contributed by atoms with E-state index in [4.69, 9.17) is 10.4 Å². The molecule has 0 atom stereocenters. The van der Waals surface area contributed by atoms with E-state index < -0.39 is 4.92 Å². The van der Waals surface area contributed by atoms with Gasteiger partial charge in [-0.1, -0.05) is 5.16 Å². The summed E-state index contributed by atoms with van der Waals surface area (Å²) in [5.41, 5.74) is 0.616. The van der Waals surface area contributed by atoms with Crippen molar-refractivity contribution in [2.24, 2.45) is 5.90 Å². The minimum absolute atomic E-state index is 0.00256. The zero-order chi connectivity index (χ0) is 12.3. The van der Waals surface area contributed by atoms with Gasteiger partial charge in [0.25, 0.3) is 11.6 Å². The third-order valence-electron chi connectivity index (χ3n) is 2.01. The van der Waals surface area contributed by atoms with E-state index in [-0.39, 0.29) is 18.2 Å². The fourth-order valence-electron chi connectivity index (χ4n) is 1.23. The predicted molar refractivity (Wildman–Crippen MR) is 55.4 cm³/mol. The van der Waals surface area contributed by atoms with Crippen LogP contribution in [0.15, 0.2) is 28.8 Å². The van der Waals surface area contributed by atoms with Crippen molar-refractivity contribution >= 4 is 5.69 Å². The molecule has 0 aliphatic rings. The van der Waals surface area contributed by atoms with Gasteiger partial charge >= 0.3 is 0 Å². The van der Waals surface area contributed by atoms with E-state index in [1.165, 1.54) is 24.3 Å². The van der Waals surface area contributed by atoms with Crippen LogP contribution in [0.2, 0.25) is 0 Å². The summed E-state index contributed by atoms with van der Waals surface area (Å²) in [4.78, 5) is 18.3. The largest absolute Gasteiger partial charge is 0.336 e. The molecular formula is C9H8N4O4. The fraction of sp³-hybridized carbons (Fsp3) is 0.111. The Balaban J connectivity index is 2.23. The Morgan fingerprint density at radius 3 is 2.71 bits per heavy atom. The topological polar surface area (TPSA) is 117 Å². The summed E-state index contributed by atoms with van der Waals surface area (Å²) in [7, 11) is 0. The van der Waals surface area contributed by atoms with E-state index in [1.54, 1.807) is 0 Å². The molecule has 1 heterocycles. The summed E-state index contributed by atoms with van der Waals surface area (Å²) < 4.78 is 4.84. The summed E-state index contributed by atoms with van der Waals surface area (Å²) in [5.74, 6) is 5.42. The van der Waals surface area contributed by atoms with Crippen molar-refractivity contribution in [2.75, 3.05) is 0 Å². The van der Waals surface area contributed by atoms with Crippen LogP contribution in [0, 0.1) is 10.1 Å². The van der Waals surface area contributed by atoms with Gasteiger partial charge in [0.05, 0.1) is 4.92 Å². The zero-order valence-corrected chi connectivity index (χ0v) is 8.57. The third-order valence-corrected chi connectivity index (χ3v) is 2.01. The number of benzene rings is 1. The zero-order valence-electron chi connectivity index (χ0n) is 8.57. The third kappa shape index (κ3) is 2.44. The molecule has 8 nitrogen and oxygen atoms in total. The van der Waals surface area contributed by atoms with Crippen LogP contribution in [-0.4, -0.2) is 15.1 Å². The van der Waals surface area contributed by atoms with E-state index in [1.807, 2.05) is 0 Å². The number of nitro benzene ring substituents is 1. The Morgan fingerprint density at radius 2 is 2.12 bits per heavy atom. The van der Waals surface area contributed by atoms with Gasteiger partial charge in [0, 0.05) is 17.7 Å². The molecule has 8 heteroatoms. The molecule has 0 aliphatic carbocycles. The van der Waals surface area contributed by atoms with Crippen molar-refractivity contribution < 1.29 is 14.3 Å². The monoisotopic (exact) mass is 236 g/mol. The number of hydrogen-bond acceptors (Lipinski definition) is 7. The van der Waals surface area contributed by atoms with Crippen LogP contribution in [0.1, 0.15) is 5.89 Å². The molecule has 2 N–H and O–H groups in total. The van der Waals surface area contributed by atoms with Crippen LogP contribution >= 0.6 is 0 Å². The van der Waals surface area contributed by atoms with Crippen LogP contribution in [0.25, 0.3) is 11.4 Å². The normalized spacial score (nSPS) is 10.4. The molecule has 0 aliphatic heterocycles. The highest BCUT2D eigenvalue weighted by atomic mass is 16.6. The van der Waals surface area contributed by atoms with Crippen molar-refractivity contribution in [3.8, 4) is 11.4 Å². The number of non-ortho nitro benzene ring substituents is 1. The van der Waals surface area contributed by atoms with E-state index in [0.29, 0.717) is 11.4 Å². The van der Waals surface area contributed by atoms with Crippen LogP contribution in [0.3, 0.4) is 0 Å². The average Bonchev–Trinajstić information content (AvgIpc) is 2.78. The first-order valence-corrected chi connectivity index (χ1v) is 4.60. The molecule has 0 bridgehead atoms. The second-order valence-electron chi connectivity index (χ2n) is 3.13. The minimum Gasteiger partial charge on any atom is -0.336 e. The van der Waals surface area contributed by atoms with Gasteiger partial charge in [-0.3, -0.25) is 15.0 Å². The molecule has 2 aromatic rings. The van der Waals surface area contributed by atoms with Crippen LogP contribution in [-0.2, 0) is 11.4 Å².